The number of rotatable bonds is 4. The molecule has 1 fully saturated rings. The molecule has 1 aromatic heterocycles. The summed E-state index contributed by atoms with van der Waals surface area (Å²) in [6, 6.07) is 8.42. The number of hydrogen-bond acceptors (Lipinski definition) is 2. The number of nitrogens with one attached hydrogen (secondary N) is 3. The van der Waals surface area contributed by atoms with Gasteiger partial charge in [0, 0.05) is 23.6 Å². The summed E-state index contributed by atoms with van der Waals surface area (Å²) < 4.78 is 0. The van der Waals surface area contributed by atoms with Crippen molar-refractivity contribution in [2.75, 3.05) is 25.0 Å². The predicted octanol–water partition coefficient (Wildman–Crippen LogP) is 2.58. The average Bonchev–Trinajstić information content (AvgIpc) is 2.99. The van der Waals surface area contributed by atoms with Crippen LogP contribution in [0.1, 0.15) is 12.8 Å². The molecule has 0 radical (unpaired) electrons. The van der Waals surface area contributed by atoms with Crippen molar-refractivity contribution < 1.29 is 0 Å². The lowest BCUT2D eigenvalue weighted by Crippen LogP contribution is -2.12. The second-order valence-electron chi connectivity index (χ2n) is 4.82. The monoisotopic (exact) mass is 229 g/mol. The van der Waals surface area contributed by atoms with Crippen LogP contribution in [-0.4, -0.2) is 24.6 Å². The van der Waals surface area contributed by atoms with Crippen LogP contribution >= 0.6 is 0 Å². The van der Waals surface area contributed by atoms with Gasteiger partial charge < -0.3 is 15.6 Å². The van der Waals surface area contributed by atoms with Crippen molar-refractivity contribution in [3.8, 4) is 0 Å². The molecule has 0 amide bonds. The standard InChI is InChI=1S/C14H19N3/c1-2-4-13-12(3-1)14(10-17-13)16-8-6-11-5-7-15-9-11/h1-4,10-11,15-17H,5-9H2. The molecule has 3 N–H and O–H groups in total. The molecule has 1 atom stereocenters. The smallest absolute Gasteiger partial charge is 0.0597 e. The second-order valence-corrected chi connectivity index (χ2v) is 4.82. The number of hydrogen-bond donors (Lipinski definition) is 3. The molecule has 1 aliphatic rings. The summed E-state index contributed by atoms with van der Waals surface area (Å²) in [5.41, 5.74) is 2.43. The van der Waals surface area contributed by atoms with Gasteiger partial charge in [0.2, 0.25) is 0 Å². The fraction of sp³-hybridized carbons (Fsp3) is 0.429. The Balaban J connectivity index is 1.60. The molecule has 3 nitrogen and oxygen atoms in total. The summed E-state index contributed by atoms with van der Waals surface area (Å²) in [4.78, 5) is 3.29. The van der Waals surface area contributed by atoms with Gasteiger partial charge in [0.1, 0.15) is 0 Å². The van der Waals surface area contributed by atoms with Gasteiger partial charge in [-0.2, -0.15) is 0 Å². The Labute approximate surface area is 102 Å². The minimum absolute atomic E-state index is 0.854. The van der Waals surface area contributed by atoms with Crippen LogP contribution in [0.4, 0.5) is 5.69 Å². The Bertz CT molecular complexity index is 483. The van der Waals surface area contributed by atoms with Crippen LogP contribution in [0.25, 0.3) is 10.9 Å². The summed E-state index contributed by atoms with van der Waals surface area (Å²) in [6.07, 6.45) is 4.65. The maximum Gasteiger partial charge on any atom is 0.0597 e. The minimum Gasteiger partial charge on any atom is -0.383 e. The van der Waals surface area contributed by atoms with E-state index in [1.165, 1.54) is 42.5 Å². The van der Waals surface area contributed by atoms with Gasteiger partial charge in [-0.1, -0.05) is 18.2 Å². The zero-order valence-corrected chi connectivity index (χ0v) is 10.00. The van der Waals surface area contributed by atoms with E-state index in [4.69, 9.17) is 0 Å². The zero-order chi connectivity index (χ0) is 11.5. The van der Waals surface area contributed by atoms with E-state index in [1.807, 2.05) is 0 Å². The summed E-state index contributed by atoms with van der Waals surface area (Å²) in [5, 5.41) is 8.24. The van der Waals surface area contributed by atoms with Crippen LogP contribution in [-0.2, 0) is 0 Å². The van der Waals surface area contributed by atoms with Crippen LogP contribution in [0.5, 0.6) is 0 Å². The molecule has 1 unspecified atom stereocenters. The molecular formula is C14H19N3. The molecule has 17 heavy (non-hydrogen) atoms. The first-order valence-electron chi connectivity index (χ1n) is 6.44. The average molecular weight is 229 g/mol. The van der Waals surface area contributed by atoms with E-state index in [2.05, 4.69) is 46.1 Å². The molecule has 0 aliphatic carbocycles. The third kappa shape index (κ3) is 2.29. The number of H-pyrrole nitrogens is 1. The van der Waals surface area contributed by atoms with Crippen LogP contribution in [0, 0.1) is 5.92 Å². The maximum atomic E-state index is 3.54. The van der Waals surface area contributed by atoms with Gasteiger partial charge in [-0.3, -0.25) is 0 Å². The molecule has 3 rings (SSSR count). The fourth-order valence-electron chi connectivity index (χ4n) is 2.59. The molecule has 0 bridgehead atoms. The molecular weight excluding hydrogens is 210 g/mol. The van der Waals surface area contributed by atoms with Gasteiger partial charge in [-0.25, -0.2) is 0 Å². The van der Waals surface area contributed by atoms with E-state index in [1.54, 1.807) is 0 Å². The van der Waals surface area contributed by atoms with Crippen molar-refractivity contribution in [3.05, 3.63) is 30.5 Å². The molecule has 1 aromatic carbocycles. The lowest BCUT2D eigenvalue weighted by molar-refractivity contribution is 0.549. The van der Waals surface area contributed by atoms with E-state index in [-0.39, 0.29) is 0 Å². The Morgan fingerprint density at radius 2 is 2.24 bits per heavy atom. The number of benzene rings is 1. The van der Waals surface area contributed by atoms with Gasteiger partial charge >= 0.3 is 0 Å². The maximum absolute atomic E-state index is 3.54. The van der Waals surface area contributed by atoms with E-state index < -0.39 is 0 Å². The Kier molecular flexibility index (Phi) is 3.01. The summed E-state index contributed by atoms with van der Waals surface area (Å²) in [7, 11) is 0. The van der Waals surface area contributed by atoms with Gasteiger partial charge in [0.25, 0.3) is 0 Å². The van der Waals surface area contributed by atoms with Crippen LogP contribution in [0.3, 0.4) is 0 Å². The summed E-state index contributed by atoms with van der Waals surface area (Å²) >= 11 is 0. The van der Waals surface area contributed by atoms with Crippen molar-refractivity contribution in [2.45, 2.75) is 12.8 Å². The van der Waals surface area contributed by atoms with E-state index in [0.717, 1.165) is 12.5 Å². The van der Waals surface area contributed by atoms with Gasteiger partial charge in [-0.15, -0.1) is 0 Å². The highest BCUT2D eigenvalue weighted by Crippen LogP contribution is 2.22. The van der Waals surface area contributed by atoms with E-state index in [0.29, 0.717) is 0 Å². The van der Waals surface area contributed by atoms with Crippen LogP contribution in [0.15, 0.2) is 30.5 Å². The molecule has 2 aromatic rings. The molecule has 2 heterocycles. The van der Waals surface area contributed by atoms with Gasteiger partial charge in [-0.05, 0) is 37.9 Å². The minimum atomic E-state index is 0.854. The highest BCUT2D eigenvalue weighted by Gasteiger charge is 2.13. The zero-order valence-electron chi connectivity index (χ0n) is 10.00. The Hall–Kier alpha value is -1.48. The fourth-order valence-corrected chi connectivity index (χ4v) is 2.59. The largest absolute Gasteiger partial charge is 0.383 e. The van der Waals surface area contributed by atoms with Crippen molar-refractivity contribution in [1.29, 1.82) is 0 Å². The SMILES string of the molecule is c1ccc2c(NCCC3CCNC3)c[nH]c2c1. The molecule has 1 aliphatic heterocycles. The third-order valence-electron chi connectivity index (χ3n) is 3.62. The first kappa shape index (κ1) is 10.7. The normalized spacial score (nSPS) is 19.9. The van der Waals surface area contributed by atoms with Crippen molar-refractivity contribution in [3.63, 3.8) is 0 Å². The topological polar surface area (TPSA) is 39.8 Å². The lowest BCUT2D eigenvalue weighted by Gasteiger charge is -2.09. The molecule has 0 spiro atoms. The summed E-state index contributed by atoms with van der Waals surface area (Å²) in [5.74, 6) is 0.854. The molecule has 0 saturated carbocycles. The Morgan fingerprint density at radius 1 is 1.29 bits per heavy atom. The van der Waals surface area contributed by atoms with E-state index >= 15 is 0 Å². The van der Waals surface area contributed by atoms with Crippen LogP contribution < -0.4 is 10.6 Å². The molecule has 3 heteroatoms. The van der Waals surface area contributed by atoms with Crippen molar-refractivity contribution in [1.82, 2.24) is 10.3 Å². The predicted molar refractivity (Wildman–Crippen MR) is 72.4 cm³/mol. The van der Waals surface area contributed by atoms with Crippen molar-refractivity contribution >= 4 is 16.6 Å². The Morgan fingerprint density at radius 3 is 3.12 bits per heavy atom. The van der Waals surface area contributed by atoms with Crippen LogP contribution in [0.2, 0.25) is 0 Å². The van der Waals surface area contributed by atoms with Crippen molar-refractivity contribution in [2.24, 2.45) is 5.92 Å². The van der Waals surface area contributed by atoms with E-state index in [9.17, 15) is 0 Å². The lowest BCUT2D eigenvalue weighted by atomic mass is 10.1. The first-order valence-corrected chi connectivity index (χ1v) is 6.44. The number of anilines is 1. The number of para-hydroxylation sites is 1. The van der Waals surface area contributed by atoms with Gasteiger partial charge in [0.05, 0.1) is 5.69 Å². The first-order chi connectivity index (χ1) is 8.43. The number of fused-ring (bicyclic) bond motifs is 1. The third-order valence-corrected chi connectivity index (χ3v) is 3.62. The highest BCUT2D eigenvalue weighted by atomic mass is 14.9. The highest BCUT2D eigenvalue weighted by molar-refractivity contribution is 5.92. The number of aromatic amines is 1. The quantitative estimate of drug-likeness (QED) is 0.754. The second kappa shape index (κ2) is 4.80. The summed E-state index contributed by atoms with van der Waals surface area (Å²) in [6.45, 7) is 3.45. The van der Waals surface area contributed by atoms with Gasteiger partial charge in [0.15, 0.2) is 0 Å². The number of aromatic nitrogens is 1. The molecule has 90 valence electrons. The molecule has 1 saturated heterocycles.